The molecular weight excluding hydrogens is 416 g/mol. The van der Waals surface area contributed by atoms with Crippen molar-refractivity contribution in [2.75, 3.05) is 25.4 Å². The summed E-state index contributed by atoms with van der Waals surface area (Å²) >= 11 is 7.82. The highest BCUT2D eigenvalue weighted by atomic mass is 35.5. The monoisotopic (exact) mass is 444 g/mol. The number of piperidine rings is 1. The Labute approximate surface area is 177 Å². The molecule has 0 bridgehead atoms. The number of hydrogen-bond donors (Lipinski definition) is 1. The molecule has 1 aromatic rings. The van der Waals surface area contributed by atoms with Crippen LogP contribution in [-0.4, -0.2) is 49.3 Å². The van der Waals surface area contributed by atoms with Crippen LogP contribution in [0.1, 0.15) is 44.9 Å². The van der Waals surface area contributed by atoms with Gasteiger partial charge in [0.1, 0.15) is 0 Å². The number of hydrogen-bond acceptors (Lipinski definition) is 4. The Hall–Kier alpha value is -0.760. The van der Waals surface area contributed by atoms with Crippen molar-refractivity contribution in [3.05, 3.63) is 29.3 Å². The van der Waals surface area contributed by atoms with Gasteiger partial charge in [0, 0.05) is 35.7 Å². The third-order valence-electron chi connectivity index (χ3n) is 5.51. The maximum Gasteiger partial charge on any atom is 0.243 e. The highest BCUT2D eigenvalue weighted by Crippen LogP contribution is 2.28. The molecule has 0 aromatic heterocycles. The number of nitrogens with zero attached hydrogens (tertiary/aromatic N) is 1. The Morgan fingerprint density at radius 3 is 2.54 bits per heavy atom. The molecule has 0 radical (unpaired) electrons. The molecule has 2 fully saturated rings. The second kappa shape index (κ2) is 10.3. The van der Waals surface area contributed by atoms with Gasteiger partial charge in [-0.1, -0.05) is 30.9 Å². The van der Waals surface area contributed by atoms with Crippen LogP contribution in [0.15, 0.2) is 29.2 Å². The lowest BCUT2D eigenvalue weighted by molar-refractivity contribution is -0.125. The molecule has 0 unspecified atom stereocenters. The molecule has 1 atom stereocenters. The molecule has 3 rings (SSSR count). The average molecular weight is 445 g/mol. The third kappa shape index (κ3) is 5.88. The summed E-state index contributed by atoms with van der Waals surface area (Å²) in [5, 5.41) is 4.25. The number of thioether (sulfide) groups is 1. The van der Waals surface area contributed by atoms with Gasteiger partial charge in [-0.05, 0) is 49.9 Å². The van der Waals surface area contributed by atoms with Crippen molar-refractivity contribution < 1.29 is 13.2 Å². The fourth-order valence-corrected chi connectivity index (χ4v) is 6.78. The molecule has 1 aliphatic heterocycles. The lowest BCUT2D eigenvalue weighted by Gasteiger charge is -2.31. The van der Waals surface area contributed by atoms with Gasteiger partial charge in [-0.3, -0.25) is 4.79 Å². The lowest BCUT2D eigenvalue weighted by Crippen LogP contribution is -2.45. The topological polar surface area (TPSA) is 66.5 Å². The Morgan fingerprint density at radius 2 is 1.82 bits per heavy atom. The molecule has 1 saturated heterocycles. The molecule has 2 aliphatic rings. The number of carbonyl (C=O) groups excluding carboxylic acids is 1. The molecule has 5 nitrogen and oxygen atoms in total. The Morgan fingerprint density at radius 1 is 1.11 bits per heavy atom. The van der Waals surface area contributed by atoms with Crippen LogP contribution in [0.25, 0.3) is 0 Å². The Kier molecular flexibility index (Phi) is 8.09. The first kappa shape index (κ1) is 21.9. The molecule has 1 amide bonds. The average Bonchev–Trinajstić information content (AvgIpc) is 2.72. The summed E-state index contributed by atoms with van der Waals surface area (Å²) in [6.45, 7) is 1.35. The number of amides is 1. The van der Waals surface area contributed by atoms with Gasteiger partial charge < -0.3 is 5.32 Å². The molecule has 156 valence electrons. The van der Waals surface area contributed by atoms with Crippen molar-refractivity contribution in [2.45, 2.75) is 55.1 Å². The zero-order chi connectivity index (χ0) is 20.0. The first-order valence-corrected chi connectivity index (χ1v) is 13.0. The van der Waals surface area contributed by atoms with Gasteiger partial charge in [-0.2, -0.15) is 16.1 Å². The van der Waals surface area contributed by atoms with Crippen molar-refractivity contribution >= 4 is 39.3 Å². The number of benzene rings is 1. The molecule has 1 aromatic carbocycles. The van der Waals surface area contributed by atoms with Gasteiger partial charge in [-0.25, -0.2) is 8.42 Å². The van der Waals surface area contributed by atoms with Crippen LogP contribution < -0.4 is 5.32 Å². The van der Waals surface area contributed by atoms with E-state index in [9.17, 15) is 13.2 Å². The summed E-state index contributed by atoms with van der Waals surface area (Å²) in [6.07, 6.45) is 8.01. The van der Waals surface area contributed by atoms with E-state index in [-0.39, 0.29) is 23.3 Å². The first-order chi connectivity index (χ1) is 13.5. The minimum atomic E-state index is -3.59. The summed E-state index contributed by atoms with van der Waals surface area (Å²) in [5.41, 5.74) is 0. The van der Waals surface area contributed by atoms with E-state index in [2.05, 4.69) is 5.32 Å². The van der Waals surface area contributed by atoms with E-state index in [0.29, 0.717) is 24.5 Å². The standard InChI is InChI=1S/C20H29ClN2O3S2/c21-17-8-10-19(11-9-17)28(25,26)23-13-4-5-16(15-23)20(24)22-12-14-27-18-6-2-1-3-7-18/h8-11,16,18H,1-7,12-15H2,(H,22,24)/t16-/m0/s1. The molecule has 1 N–H and O–H groups in total. The maximum absolute atomic E-state index is 12.8. The summed E-state index contributed by atoms with van der Waals surface area (Å²) in [4.78, 5) is 12.8. The second-order valence-electron chi connectivity index (χ2n) is 7.58. The van der Waals surface area contributed by atoms with E-state index in [1.165, 1.54) is 48.5 Å². The summed E-state index contributed by atoms with van der Waals surface area (Å²) in [6, 6.07) is 6.19. The van der Waals surface area contributed by atoms with Crippen molar-refractivity contribution in [3.63, 3.8) is 0 Å². The predicted octanol–water partition coefficient (Wildman–Crippen LogP) is 3.92. The summed E-state index contributed by atoms with van der Waals surface area (Å²) in [7, 11) is -3.59. The summed E-state index contributed by atoms with van der Waals surface area (Å²) in [5.74, 6) is 0.617. The van der Waals surface area contributed by atoms with Gasteiger partial charge in [0.05, 0.1) is 10.8 Å². The van der Waals surface area contributed by atoms with Crippen molar-refractivity contribution in [1.29, 1.82) is 0 Å². The van der Waals surface area contributed by atoms with E-state index in [0.717, 1.165) is 17.4 Å². The first-order valence-electron chi connectivity index (χ1n) is 10.1. The highest BCUT2D eigenvalue weighted by molar-refractivity contribution is 7.99. The highest BCUT2D eigenvalue weighted by Gasteiger charge is 2.33. The number of rotatable bonds is 7. The van der Waals surface area contributed by atoms with Crippen molar-refractivity contribution in [2.24, 2.45) is 5.92 Å². The fraction of sp³-hybridized carbons (Fsp3) is 0.650. The quantitative estimate of drug-likeness (QED) is 0.647. The van der Waals surface area contributed by atoms with Gasteiger partial charge in [0.15, 0.2) is 0 Å². The van der Waals surface area contributed by atoms with Gasteiger partial charge in [0.2, 0.25) is 15.9 Å². The van der Waals surface area contributed by atoms with E-state index >= 15 is 0 Å². The SMILES string of the molecule is O=C(NCCSC1CCCCC1)[C@H]1CCCN(S(=O)(=O)c2ccc(Cl)cc2)C1. The number of nitrogens with one attached hydrogen (secondary N) is 1. The fourth-order valence-electron chi connectivity index (χ4n) is 3.91. The van der Waals surface area contributed by atoms with E-state index in [1.54, 1.807) is 12.1 Å². The molecule has 28 heavy (non-hydrogen) atoms. The number of carbonyl (C=O) groups is 1. The Bertz CT molecular complexity index is 749. The van der Waals surface area contributed by atoms with Gasteiger partial charge in [0.25, 0.3) is 0 Å². The van der Waals surface area contributed by atoms with Crippen molar-refractivity contribution in [3.8, 4) is 0 Å². The smallest absolute Gasteiger partial charge is 0.243 e. The molecular formula is C20H29ClN2O3S2. The van der Waals surface area contributed by atoms with Crippen LogP contribution in [0.5, 0.6) is 0 Å². The van der Waals surface area contributed by atoms with Crippen LogP contribution in [0.2, 0.25) is 5.02 Å². The number of halogens is 1. The van der Waals surface area contributed by atoms with Crippen molar-refractivity contribution in [1.82, 2.24) is 9.62 Å². The lowest BCUT2D eigenvalue weighted by atomic mass is 9.99. The van der Waals surface area contributed by atoms with Crippen LogP contribution >= 0.6 is 23.4 Å². The minimum Gasteiger partial charge on any atom is -0.355 e. The number of sulfonamides is 1. The zero-order valence-corrected chi connectivity index (χ0v) is 18.5. The van der Waals surface area contributed by atoms with Crippen LogP contribution in [0, 0.1) is 5.92 Å². The van der Waals surface area contributed by atoms with Crippen LogP contribution in [0.4, 0.5) is 0 Å². The van der Waals surface area contributed by atoms with E-state index < -0.39 is 10.0 Å². The van der Waals surface area contributed by atoms with Crippen LogP contribution in [0.3, 0.4) is 0 Å². The van der Waals surface area contributed by atoms with E-state index in [1.807, 2.05) is 11.8 Å². The molecule has 1 saturated carbocycles. The Balaban J connectivity index is 1.48. The van der Waals surface area contributed by atoms with E-state index in [4.69, 9.17) is 11.6 Å². The molecule has 0 spiro atoms. The normalized spacial score (nSPS) is 22.1. The third-order valence-corrected chi connectivity index (χ3v) is 9.03. The van der Waals surface area contributed by atoms with Crippen LogP contribution in [-0.2, 0) is 14.8 Å². The van der Waals surface area contributed by atoms with Gasteiger partial charge >= 0.3 is 0 Å². The predicted molar refractivity (Wildman–Crippen MR) is 115 cm³/mol. The second-order valence-corrected chi connectivity index (χ2v) is 11.4. The van der Waals surface area contributed by atoms with Gasteiger partial charge in [-0.15, -0.1) is 0 Å². The zero-order valence-electron chi connectivity index (χ0n) is 16.1. The minimum absolute atomic E-state index is 0.0275. The largest absolute Gasteiger partial charge is 0.355 e. The summed E-state index contributed by atoms with van der Waals surface area (Å²) < 4.78 is 27.1. The molecule has 8 heteroatoms. The maximum atomic E-state index is 12.8. The molecule has 1 heterocycles. The molecule has 1 aliphatic carbocycles.